The molecule has 0 spiro atoms. The van der Waals surface area contributed by atoms with Crippen molar-refractivity contribution in [2.24, 2.45) is 0 Å². The van der Waals surface area contributed by atoms with Gasteiger partial charge >= 0.3 is 0 Å². The molecule has 7 heteroatoms. The zero-order valence-corrected chi connectivity index (χ0v) is 13.3. The summed E-state index contributed by atoms with van der Waals surface area (Å²) in [7, 11) is 0. The molecule has 0 saturated heterocycles. The Bertz CT molecular complexity index is 743. The summed E-state index contributed by atoms with van der Waals surface area (Å²) >= 11 is 11.7. The summed E-state index contributed by atoms with van der Waals surface area (Å²) in [4.78, 5) is 3.99. The highest BCUT2D eigenvalue weighted by atomic mass is 127. The molecule has 0 atom stereocenters. The Balaban J connectivity index is 2.32. The van der Waals surface area contributed by atoms with Gasteiger partial charge in [-0.2, -0.15) is 0 Å². The highest BCUT2D eigenvalue weighted by molar-refractivity contribution is 14.1. The van der Waals surface area contributed by atoms with Crippen molar-refractivity contribution >= 4 is 55.8 Å². The van der Waals surface area contributed by atoms with Crippen LogP contribution < -0.4 is 0 Å². The van der Waals surface area contributed by atoms with Gasteiger partial charge in [-0.25, -0.2) is 4.98 Å². The second-order valence-corrected chi connectivity index (χ2v) is 6.00. The van der Waals surface area contributed by atoms with Gasteiger partial charge in [0.2, 0.25) is 0 Å². The normalized spacial score (nSPS) is 11.1. The first-order valence-electron chi connectivity index (χ1n) is 4.97. The number of hydrogen-bond donors (Lipinski definition) is 0. The van der Waals surface area contributed by atoms with E-state index in [-0.39, 0.29) is 0 Å². The van der Waals surface area contributed by atoms with Crippen molar-refractivity contribution in [3.63, 3.8) is 0 Å². The van der Waals surface area contributed by atoms with E-state index < -0.39 is 0 Å². The topological polar surface area (TPSA) is 43.1 Å². The second-order valence-electron chi connectivity index (χ2n) is 3.56. The summed E-state index contributed by atoms with van der Waals surface area (Å²) in [6.45, 7) is 0. The molecule has 0 N–H and O–H groups in total. The molecular formula is C11H5BrClIN4. The molecule has 0 aliphatic rings. The first-order valence-corrected chi connectivity index (χ1v) is 7.22. The van der Waals surface area contributed by atoms with Gasteiger partial charge < -0.3 is 0 Å². The highest BCUT2D eigenvalue weighted by Crippen LogP contribution is 2.28. The third-order valence-corrected chi connectivity index (χ3v) is 4.15. The lowest BCUT2D eigenvalue weighted by atomic mass is 10.2. The van der Waals surface area contributed by atoms with Gasteiger partial charge in [0.1, 0.15) is 0 Å². The molecule has 90 valence electrons. The van der Waals surface area contributed by atoms with E-state index in [2.05, 4.69) is 53.7 Å². The van der Waals surface area contributed by atoms with Gasteiger partial charge in [0.15, 0.2) is 16.6 Å². The molecule has 0 aliphatic carbocycles. The third kappa shape index (κ3) is 2.02. The lowest BCUT2D eigenvalue weighted by Gasteiger charge is -2.03. The van der Waals surface area contributed by atoms with Crippen LogP contribution in [0, 0.1) is 3.57 Å². The summed E-state index contributed by atoms with van der Waals surface area (Å²) in [5.41, 5.74) is 1.56. The van der Waals surface area contributed by atoms with E-state index in [1.165, 1.54) is 0 Å². The van der Waals surface area contributed by atoms with Gasteiger partial charge in [-0.1, -0.05) is 27.5 Å². The third-order valence-electron chi connectivity index (χ3n) is 2.45. The highest BCUT2D eigenvalue weighted by Gasteiger charge is 2.13. The lowest BCUT2D eigenvalue weighted by molar-refractivity contribution is 1.11. The van der Waals surface area contributed by atoms with Crippen LogP contribution in [0.4, 0.5) is 0 Å². The molecule has 0 amide bonds. The minimum absolute atomic E-state index is 0.348. The van der Waals surface area contributed by atoms with Crippen LogP contribution in [0.25, 0.3) is 17.0 Å². The fourth-order valence-corrected chi connectivity index (χ4v) is 2.77. The maximum absolute atomic E-state index is 5.98. The van der Waals surface area contributed by atoms with E-state index in [0.29, 0.717) is 10.8 Å². The zero-order chi connectivity index (χ0) is 12.7. The average molecular weight is 435 g/mol. The van der Waals surface area contributed by atoms with Crippen LogP contribution >= 0.6 is 50.1 Å². The maximum Gasteiger partial charge on any atom is 0.198 e. The van der Waals surface area contributed by atoms with Crippen LogP contribution in [0.3, 0.4) is 0 Å². The number of benzene rings is 1. The molecule has 4 nitrogen and oxygen atoms in total. The smallest absolute Gasteiger partial charge is 0.198 e. The van der Waals surface area contributed by atoms with Crippen LogP contribution in [0.5, 0.6) is 0 Å². The molecule has 0 bridgehead atoms. The Morgan fingerprint density at radius 3 is 2.94 bits per heavy atom. The molecule has 18 heavy (non-hydrogen) atoms. The molecular weight excluding hydrogens is 430 g/mol. The minimum atomic E-state index is 0.348. The van der Waals surface area contributed by atoms with Crippen molar-refractivity contribution in [3.8, 4) is 11.4 Å². The predicted molar refractivity (Wildman–Crippen MR) is 81.6 cm³/mol. The van der Waals surface area contributed by atoms with Crippen LogP contribution in [0.15, 0.2) is 35.1 Å². The molecule has 3 aromatic rings. The average Bonchev–Trinajstić information content (AvgIpc) is 2.77. The van der Waals surface area contributed by atoms with Crippen molar-refractivity contribution in [1.82, 2.24) is 19.6 Å². The fourth-order valence-electron chi connectivity index (χ4n) is 1.65. The van der Waals surface area contributed by atoms with Crippen molar-refractivity contribution in [3.05, 3.63) is 43.8 Å². The number of rotatable bonds is 1. The fraction of sp³-hybridized carbons (Fsp3) is 0. The molecule has 0 radical (unpaired) electrons. The summed E-state index contributed by atoms with van der Waals surface area (Å²) in [5.74, 6) is 0.750. The van der Waals surface area contributed by atoms with E-state index in [0.717, 1.165) is 19.4 Å². The van der Waals surface area contributed by atoms with E-state index in [9.17, 15) is 0 Å². The van der Waals surface area contributed by atoms with E-state index in [4.69, 9.17) is 11.6 Å². The second kappa shape index (κ2) is 4.75. The Hall–Kier alpha value is -0.730. The minimum Gasteiger partial charge on any atom is -0.278 e. The van der Waals surface area contributed by atoms with Crippen molar-refractivity contribution < 1.29 is 0 Å². The molecule has 0 saturated carbocycles. The van der Waals surface area contributed by atoms with Crippen LogP contribution in [0.1, 0.15) is 0 Å². The first-order chi connectivity index (χ1) is 8.66. The quantitative estimate of drug-likeness (QED) is 0.546. The summed E-state index contributed by atoms with van der Waals surface area (Å²) in [6.07, 6.45) is 3.43. The van der Waals surface area contributed by atoms with Crippen LogP contribution in [-0.2, 0) is 0 Å². The summed E-state index contributed by atoms with van der Waals surface area (Å²) in [6, 6.07) is 6.01. The van der Waals surface area contributed by atoms with Gasteiger partial charge in [0.25, 0.3) is 0 Å². The van der Waals surface area contributed by atoms with Gasteiger partial charge in [-0.3, -0.25) is 4.40 Å². The standard InChI is InChI=1S/C11H5BrClIN4/c12-6-1-2-8(14)7(5-6)10-16-17-11-9(13)15-3-4-18(10)11/h1-5H. The van der Waals surface area contributed by atoms with E-state index >= 15 is 0 Å². The Morgan fingerprint density at radius 1 is 1.28 bits per heavy atom. The number of hydrogen-bond acceptors (Lipinski definition) is 3. The van der Waals surface area contributed by atoms with Gasteiger partial charge in [0, 0.05) is 26.0 Å². The van der Waals surface area contributed by atoms with Crippen LogP contribution in [-0.4, -0.2) is 19.6 Å². The largest absolute Gasteiger partial charge is 0.278 e. The van der Waals surface area contributed by atoms with Gasteiger partial charge in [0.05, 0.1) is 0 Å². The molecule has 0 aliphatic heterocycles. The van der Waals surface area contributed by atoms with Crippen molar-refractivity contribution in [1.29, 1.82) is 0 Å². The number of nitrogens with zero attached hydrogens (tertiary/aromatic N) is 4. The molecule has 0 fully saturated rings. The first kappa shape index (κ1) is 12.3. The number of fused-ring (bicyclic) bond motifs is 1. The number of aromatic nitrogens is 4. The maximum atomic E-state index is 5.98. The van der Waals surface area contributed by atoms with Gasteiger partial charge in [-0.05, 0) is 40.8 Å². The Kier molecular flexibility index (Phi) is 3.25. The summed E-state index contributed by atoms with van der Waals surface area (Å²) < 4.78 is 3.92. The molecule has 0 unspecified atom stereocenters. The van der Waals surface area contributed by atoms with Crippen molar-refractivity contribution in [2.75, 3.05) is 0 Å². The SMILES string of the molecule is Clc1nccn2c(-c3cc(Br)ccc3I)nnc12. The Morgan fingerprint density at radius 2 is 2.11 bits per heavy atom. The molecule has 1 aromatic carbocycles. The van der Waals surface area contributed by atoms with E-state index in [1.54, 1.807) is 12.4 Å². The monoisotopic (exact) mass is 434 g/mol. The summed E-state index contributed by atoms with van der Waals surface area (Å²) in [5, 5.41) is 8.60. The zero-order valence-electron chi connectivity index (χ0n) is 8.81. The molecule has 2 aromatic heterocycles. The van der Waals surface area contributed by atoms with E-state index in [1.807, 2.05) is 22.6 Å². The number of halogens is 3. The predicted octanol–water partition coefficient (Wildman–Crippen LogP) is 3.81. The van der Waals surface area contributed by atoms with Crippen LogP contribution in [0.2, 0.25) is 5.15 Å². The van der Waals surface area contributed by atoms with Crippen molar-refractivity contribution in [2.45, 2.75) is 0 Å². The Labute approximate surface area is 130 Å². The molecule has 2 heterocycles. The van der Waals surface area contributed by atoms with Gasteiger partial charge in [-0.15, -0.1) is 10.2 Å². The lowest BCUT2D eigenvalue weighted by Crippen LogP contribution is -1.92. The molecule has 3 rings (SSSR count).